The quantitative estimate of drug-likeness (QED) is 0.562. The topological polar surface area (TPSA) is 76.5 Å². The van der Waals surface area contributed by atoms with Crippen molar-refractivity contribution in [2.45, 2.75) is 4.90 Å². The Morgan fingerprint density at radius 3 is 2.64 bits per heavy atom. The number of nitrogens with zero attached hydrogens (tertiary/aromatic N) is 1. The van der Waals surface area contributed by atoms with Gasteiger partial charge in [0.2, 0.25) is 5.12 Å². The van der Waals surface area contributed by atoms with Gasteiger partial charge in [0.25, 0.3) is 6.47 Å². The first kappa shape index (κ1) is 18.4. The van der Waals surface area contributed by atoms with Gasteiger partial charge in [-0.05, 0) is 42.1 Å². The lowest BCUT2D eigenvalue weighted by Gasteiger charge is -2.06. The second-order valence-corrected chi connectivity index (χ2v) is 5.69. The molecule has 1 heterocycles. The number of para-hydroxylation sites is 1. The fraction of sp³-hybridized carbons (Fsp3) is 0.0556. The smallest absolute Gasteiger partial charge is 0.290 e. The van der Waals surface area contributed by atoms with Crippen LogP contribution in [0.2, 0.25) is 0 Å². The number of thioether (sulfide) groups is 1. The normalized spacial score (nSPS) is 9.84. The zero-order chi connectivity index (χ0) is 18.2. The minimum absolute atomic E-state index is 0.119. The molecular formula is C18H14FNO4S. The van der Waals surface area contributed by atoms with Crippen LogP contribution in [0.1, 0.15) is 10.4 Å². The van der Waals surface area contributed by atoms with Crippen molar-refractivity contribution in [1.29, 1.82) is 0 Å². The van der Waals surface area contributed by atoms with Crippen LogP contribution in [0.3, 0.4) is 0 Å². The number of carbonyl (C=O) groups excluding carboxylic acids is 1. The molecule has 0 saturated heterocycles. The monoisotopic (exact) mass is 359 g/mol. The predicted octanol–water partition coefficient (Wildman–Crippen LogP) is 4.02. The summed E-state index contributed by atoms with van der Waals surface area (Å²) in [4.78, 5) is 25.8. The van der Waals surface area contributed by atoms with E-state index in [2.05, 4.69) is 4.98 Å². The van der Waals surface area contributed by atoms with E-state index in [9.17, 15) is 9.18 Å². The molecule has 0 fully saturated rings. The molecule has 0 unspecified atom stereocenters. The Balaban J connectivity index is 0.000000701. The van der Waals surface area contributed by atoms with E-state index < -0.39 is 5.82 Å². The molecule has 128 valence electrons. The van der Waals surface area contributed by atoms with Crippen molar-refractivity contribution in [3.05, 3.63) is 66.1 Å². The lowest BCUT2D eigenvalue weighted by molar-refractivity contribution is -0.122. The number of hydrogen-bond acceptors (Lipinski definition) is 5. The molecule has 3 rings (SSSR count). The molecule has 0 aliphatic heterocycles. The number of fused-ring (bicyclic) bond motifs is 1. The maximum absolute atomic E-state index is 13.7. The van der Waals surface area contributed by atoms with E-state index >= 15 is 0 Å². The van der Waals surface area contributed by atoms with Crippen molar-refractivity contribution in [3.8, 4) is 5.75 Å². The molecule has 1 aromatic heterocycles. The number of aromatic nitrogens is 1. The summed E-state index contributed by atoms with van der Waals surface area (Å²) in [6.45, 7) is -0.250. The number of halogens is 1. The Labute approximate surface area is 147 Å². The molecule has 2 aromatic carbocycles. The second-order valence-electron chi connectivity index (χ2n) is 4.68. The van der Waals surface area contributed by atoms with Gasteiger partial charge in [0.1, 0.15) is 0 Å². The number of ether oxygens (including phenoxy) is 1. The van der Waals surface area contributed by atoms with Crippen LogP contribution < -0.4 is 4.74 Å². The van der Waals surface area contributed by atoms with Gasteiger partial charge in [-0.15, -0.1) is 0 Å². The summed E-state index contributed by atoms with van der Waals surface area (Å²) in [5.41, 5.74) is 1.05. The van der Waals surface area contributed by atoms with Gasteiger partial charge in [0, 0.05) is 22.0 Å². The third-order valence-corrected chi connectivity index (χ3v) is 4.16. The van der Waals surface area contributed by atoms with Gasteiger partial charge in [-0.3, -0.25) is 14.6 Å². The highest BCUT2D eigenvalue weighted by Gasteiger charge is 2.13. The highest BCUT2D eigenvalue weighted by Crippen LogP contribution is 2.30. The van der Waals surface area contributed by atoms with Crippen LogP contribution >= 0.6 is 11.8 Å². The van der Waals surface area contributed by atoms with Gasteiger partial charge >= 0.3 is 0 Å². The summed E-state index contributed by atoms with van der Waals surface area (Å²) >= 11 is 1.04. The number of pyridine rings is 1. The standard InChI is InChI=1S/C17H12FNO2S.CH2O2/c1-21-14-8-7-12(10-13(14)18)17(20)22-15-6-2-4-11-5-3-9-19-16(11)15;2-1-3/h2-10H,1H3;1H,(H,2,3). The zero-order valence-electron chi connectivity index (χ0n) is 13.2. The third-order valence-electron chi connectivity index (χ3n) is 3.19. The molecule has 0 aliphatic rings. The molecule has 0 amide bonds. The molecule has 0 bridgehead atoms. The molecule has 5 nitrogen and oxygen atoms in total. The molecule has 3 aromatic rings. The number of carbonyl (C=O) groups is 2. The SMILES string of the molecule is COc1ccc(C(=O)Sc2cccc3cccnc23)cc1F.O=CO. The highest BCUT2D eigenvalue weighted by atomic mass is 32.2. The Kier molecular flexibility index (Phi) is 6.47. The lowest BCUT2D eigenvalue weighted by Crippen LogP contribution is -1.97. The van der Waals surface area contributed by atoms with Crippen molar-refractivity contribution in [1.82, 2.24) is 4.98 Å². The van der Waals surface area contributed by atoms with Crippen LogP contribution in [0.4, 0.5) is 4.39 Å². The Hall–Kier alpha value is -2.93. The number of carboxylic acid groups (broad SMARTS) is 1. The average molecular weight is 359 g/mol. The predicted molar refractivity (Wildman–Crippen MR) is 93.6 cm³/mol. The zero-order valence-corrected chi connectivity index (χ0v) is 14.0. The van der Waals surface area contributed by atoms with Crippen LogP contribution in [0.25, 0.3) is 10.9 Å². The maximum Gasteiger partial charge on any atom is 0.290 e. The minimum atomic E-state index is -0.551. The summed E-state index contributed by atoms with van der Waals surface area (Å²) in [5.74, 6) is -0.432. The first-order chi connectivity index (χ1) is 12.1. The van der Waals surface area contributed by atoms with E-state index in [4.69, 9.17) is 14.6 Å². The fourth-order valence-corrected chi connectivity index (χ4v) is 2.97. The van der Waals surface area contributed by atoms with Crippen LogP contribution in [0.15, 0.2) is 59.6 Å². The fourth-order valence-electron chi connectivity index (χ4n) is 2.11. The van der Waals surface area contributed by atoms with E-state index in [-0.39, 0.29) is 22.9 Å². The molecule has 0 atom stereocenters. The number of rotatable bonds is 3. The first-order valence-corrected chi connectivity index (χ1v) is 7.89. The highest BCUT2D eigenvalue weighted by molar-refractivity contribution is 8.14. The van der Waals surface area contributed by atoms with E-state index in [0.717, 1.165) is 27.6 Å². The van der Waals surface area contributed by atoms with Crippen molar-refractivity contribution in [3.63, 3.8) is 0 Å². The van der Waals surface area contributed by atoms with E-state index in [0.29, 0.717) is 0 Å². The molecule has 7 heteroatoms. The van der Waals surface area contributed by atoms with Crippen molar-refractivity contribution < 1.29 is 23.8 Å². The van der Waals surface area contributed by atoms with Crippen molar-refractivity contribution in [2.24, 2.45) is 0 Å². The summed E-state index contributed by atoms with van der Waals surface area (Å²) in [6, 6.07) is 13.6. The van der Waals surface area contributed by atoms with Crippen LogP contribution in [-0.2, 0) is 4.79 Å². The van der Waals surface area contributed by atoms with Crippen LogP contribution in [0, 0.1) is 5.82 Å². The molecule has 1 N–H and O–H groups in total. The third kappa shape index (κ3) is 4.54. The van der Waals surface area contributed by atoms with Crippen molar-refractivity contribution >= 4 is 34.3 Å². The lowest BCUT2D eigenvalue weighted by atomic mass is 10.2. The number of methoxy groups -OCH3 is 1. The minimum Gasteiger partial charge on any atom is -0.494 e. The summed E-state index contributed by atoms with van der Waals surface area (Å²) in [7, 11) is 1.39. The molecule has 0 spiro atoms. The molecule has 0 aliphatic carbocycles. The Morgan fingerprint density at radius 2 is 1.96 bits per heavy atom. The summed E-state index contributed by atoms with van der Waals surface area (Å²) < 4.78 is 18.6. The van der Waals surface area contributed by atoms with Gasteiger partial charge in [-0.1, -0.05) is 18.2 Å². The van der Waals surface area contributed by atoms with Gasteiger partial charge in [-0.25, -0.2) is 4.39 Å². The van der Waals surface area contributed by atoms with Gasteiger partial charge < -0.3 is 9.84 Å². The largest absolute Gasteiger partial charge is 0.494 e. The second kappa shape index (κ2) is 8.79. The number of benzene rings is 2. The van der Waals surface area contributed by atoms with Crippen LogP contribution in [-0.4, -0.2) is 28.8 Å². The molecular weight excluding hydrogens is 345 g/mol. The van der Waals surface area contributed by atoms with Gasteiger partial charge in [-0.2, -0.15) is 0 Å². The number of hydrogen-bond donors (Lipinski definition) is 1. The maximum atomic E-state index is 13.7. The molecule has 25 heavy (non-hydrogen) atoms. The van der Waals surface area contributed by atoms with Crippen LogP contribution in [0.5, 0.6) is 5.75 Å². The average Bonchev–Trinajstić information content (AvgIpc) is 2.62. The Bertz CT molecular complexity index is 896. The van der Waals surface area contributed by atoms with Gasteiger partial charge in [0.05, 0.1) is 12.6 Å². The Morgan fingerprint density at radius 1 is 1.24 bits per heavy atom. The molecule has 0 saturated carbocycles. The molecule has 0 radical (unpaired) electrons. The van der Waals surface area contributed by atoms with E-state index in [1.807, 2.05) is 30.3 Å². The van der Waals surface area contributed by atoms with Crippen molar-refractivity contribution in [2.75, 3.05) is 7.11 Å². The van der Waals surface area contributed by atoms with E-state index in [1.54, 1.807) is 12.3 Å². The van der Waals surface area contributed by atoms with E-state index in [1.165, 1.54) is 19.2 Å². The first-order valence-electron chi connectivity index (χ1n) is 7.08. The summed E-state index contributed by atoms with van der Waals surface area (Å²) in [5, 5.41) is 7.61. The summed E-state index contributed by atoms with van der Waals surface area (Å²) in [6.07, 6.45) is 1.68. The van der Waals surface area contributed by atoms with Gasteiger partial charge in [0.15, 0.2) is 11.6 Å².